The Bertz CT molecular complexity index is 456. The normalized spacial score (nSPS) is 24.6. The molecule has 1 aliphatic carbocycles. The molecule has 1 aromatic rings. The van der Waals surface area contributed by atoms with Crippen LogP contribution in [-0.2, 0) is 11.2 Å². The van der Waals surface area contributed by atoms with Crippen molar-refractivity contribution in [1.82, 2.24) is 20.5 Å². The first-order valence-electron chi connectivity index (χ1n) is 7.67. The lowest BCUT2D eigenvalue weighted by molar-refractivity contribution is -0.120. The van der Waals surface area contributed by atoms with E-state index in [0.717, 1.165) is 49.1 Å². The van der Waals surface area contributed by atoms with Crippen molar-refractivity contribution in [2.45, 2.75) is 61.8 Å². The molecule has 6 heteroatoms. The van der Waals surface area contributed by atoms with E-state index < -0.39 is 0 Å². The molecule has 2 aliphatic rings. The van der Waals surface area contributed by atoms with Gasteiger partial charge in [-0.25, -0.2) is 4.98 Å². The monoisotopic (exact) mass is 294 g/mol. The maximum atomic E-state index is 11.9. The molecule has 1 aromatic heterocycles. The van der Waals surface area contributed by atoms with Crippen molar-refractivity contribution in [3.63, 3.8) is 0 Å². The van der Waals surface area contributed by atoms with E-state index in [-0.39, 0.29) is 11.2 Å². The van der Waals surface area contributed by atoms with Gasteiger partial charge in [-0.2, -0.15) is 0 Å². The highest BCUT2D eigenvalue weighted by Crippen LogP contribution is 2.29. The van der Waals surface area contributed by atoms with Gasteiger partial charge >= 0.3 is 0 Å². The first kappa shape index (κ1) is 13.9. The van der Waals surface area contributed by atoms with Crippen molar-refractivity contribution >= 4 is 17.7 Å². The Hall–Kier alpha value is -1.04. The van der Waals surface area contributed by atoms with E-state index in [9.17, 15) is 4.79 Å². The molecule has 0 radical (unpaired) electrons. The summed E-state index contributed by atoms with van der Waals surface area (Å²) < 4.78 is 0. The van der Waals surface area contributed by atoms with Gasteiger partial charge in [-0.1, -0.05) is 43.9 Å². The summed E-state index contributed by atoms with van der Waals surface area (Å²) in [4.78, 5) is 16.5. The molecular weight excluding hydrogens is 272 g/mol. The lowest BCUT2D eigenvalue weighted by Gasteiger charge is -2.09. The summed E-state index contributed by atoms with van der Waals surface area (Å²) >= 11 is 1.50. The number of carbonyl (C=O) groups excluding carboxylic acids is 1. The summed E-state index contributed by atoms with van der Waals surface area (Å²) in [5.74, 6) is 1.88. The molecule has 1 saturated carbocycles. The highest BCUT2D eigenvalue weighted by Gasteiger charge is 2.24. The number of thioether (sulfide) groups is 1. The molecule has 1 amide bonds. The molecule has 5 nitrogen and oxygen atoms in total. The summed E-state index contributed by atoms with van der Waals surface area (Å²) in [6, 6.07) is 0. The predicted molar refractivity (Wildman–Crippen MR) is 78.6 cm³/mol. The average Bonchev–Trinajstić information content (AvgIpc) is 3.05. The zero-order chi connectivity index (χ0) is 13.8. The molecule has 1 unspecified atom stereocenters. The maximum Gasteiger partial charge on any atom is 0.233 e. The number of aromatic nitrogens is 3. The minimum Gasteiger partial charge on any atom is -0.355 e. The molecule has 0 aromatic carbocycles. The van der Waals surface area contributed by atoms with Gasteiger partial charge in [0, 0.05) is 13.0 Å². The Kier molecular flexibility index (Phi) is 4.60. The van der Waals surface area contributed by atoms with Crippen LogP contribution in [0.5, 0.6) is 0 Å². The molecular formula is C14H22N4OS. The second kappa shape index (κ2) is 6.61. The first-order valence-corrected chi connectivity index (χ1v) is 8.55. The second-order valence-electron chi connectivity index (χ2n) is 5.81. The van der Waals surface area contributed by atoms with E-state index in [4.69, 9.17) is 0 Å². The highest BCUT2D eigenvalue weighted by atomic mass is 32.2. The quantitative estimate of drug-likeness (QED) is 0.894. The Balaban J connectivity index is 1.57. The van der Waals surface area contributed by atoms with Gasteiger partial charge in [0.1, 0.15) is 5.82 Å². The number of aromatic amines is 1. The van der Waals surface area contributed by atoms with Crippen molar-refractivity contribution in [3.8, 4) is 0 Å². The van der Waals surface area contributed by atoms with Gasteiger partial charge in [0.15, 0.2) is 0 Å². The predicted octanol–water partition coefficient (Wildman–Crippen LogP) is 2.30. The van der Waals surface area contributed by atoms with Crippen LogP contribution in [0.2, 0.25) is 0 Å². The summed E-state index contributed by atoms with van der Waals surface area (Å²) in [6.07, 6.45) is 9.42. The third-order valence-electron chi connectivity index (χ3n) is 4.20. The van der Waals surface area contributed by atoms with Crippen molar-refractivity contribution < 1.29 is 4.79 Å². The molecule has 2 N–H and O–H groups in total. The van der Waals surface area contributed by atoms with Crippen LogP contribution >= 0.6 is 11.8 Å². The number of hydrogen-bond donors (Lipinski definition) is 2. The minimum atomic E-state index is -0.0346. The van der Waals surface area contributed by atoms with Crippen LogP contribution in [0.4, 0.5) is 0 Å². The van der Waals surface area contributed by atoms with E-state index in [0.29, 0.717) is 0 Å². The highest BCUT2D eigenvalue weighted by molar-refractivity contribution is 8.00. The second-order valence-corrected chi connectivity index (χ2v) is 6.98. The van der Waals surface area contributed by atoms with Crippen molar-refractivity contribution in [3.05, 3.63) is 5.82 Å². The van der Waals surface area contributed by atoms with E-state index in [1.165, 1.54) is 37.4 Å². The number of nitrogens with zero attached hydrogens (tertiary/aromatic N) is 2. The number of carbonyl (C=O) groups is 1. The molecule has 0 bridgehead atoms. The van der Waals surface area contributed by atoms with Crippen LogP contribution in [0, 0.1) is 5.92 Å². The molecule has 0 spiro atoms. The van der Waals surface area contributed by atoms with E-state index in [2.05, 4.69) is 20.5 Å². The Labute approximate surface area is 123 Å². The Morgan fingerprint density at radius 1 is 1.15 bits per heavy atom. The van der Waals surface area contributed by atoms with Gasteiger partial charge in [-0.05, 0) is 18.8 Å². The number of H-pyrrole nitrogens is 1. The summed E-state index contributed by atoms with van der Waals surface area (Å²) in [6.45, 7) is 0.802. The standard InChI is InChI=1S/C14H22N4OS/c19-13-11(7-3-4-8-15-13)20-14-16-12(17-18-14)9-10-5-1-2-6-10/h10-11H,1-9H2,(H,15,19)(H,16,17,18). The molecule has 1 saturated heterocycles. The van der Waals surface area contributed by atoms with Gasteiger partial charge < -0.3 is 5.32 Å². The number of nitrogens with one attached hydrogen (secondary N) is 2. The fourth-order valence-corrected chi connectivity index (χ4v) is 4.05. The molecule has 1 aliphatic heterocycles. The largest absolute Gasteiger partial charge is 0.355 e. The number of rotatable bonds is 4. The lowest BCUT2D eigenvalue weighted by Crippen LogP contribution is -2.30. The van der Waals surface area contributed by atoms with Crippen molar-refractivity contribution in [2.24, 2.45) is 5.92 Å². The molecule has 2 fully saturated rings. The van der Waals surface area contributed by atoms with Gasteiger partial charge in [0.2, 0.25) is 11.1 Å². The summed E-state index contributed by atoms with van der Waals surface area (Å²) in [5.41, 5.74) is 0. The molecule has 20 heavy (non-hydrogen) atoms. The van der Waals surface area contributed by atoms with Crippen LogP contribution in [-0.4, -0.2) is 32.9 Å². The fraction of sp³-hybridized carbons (Fsp3) is 0.786. The number of amides is 1. The first-order chi connectivity index (χ1) is 9.81. The van der Waals surface area contributed by atoms with Gasteiger partial charge in [0.05, 0.1) is 5.25 Å². The minimum absolute atomic E-state index is 0.0346. The zero-order valence-corrected chi connectivity index (χ0v) is 12.5. The molecule has 3 rings (SSSR count). The van der Waals surface area contributed by atoms with Gasteiger partial charge in [0.25, 0.3) is 0 Å². The van der Waals surface area contributed by atoms with Crippen LogP contribution in [0.25, 0.3) is 0 Å². The lowest BCUT2D eigenvalue weighted by atomic mass is 10.0. The molecule has 2 heterocycles. The fourth-order valence-electron chi connectivity index (χ4n) is 3.06. The van der Waals surface area contributed by atoms with Crippen LogP contribution in [0.1, 0.15) is 50.8 Å². The summed E-state index contributed by atoms with van der Waals surface area (Å²) in [5, 5.41) is 10.9. The van der Waals surface area contributed by atoms with Crippen molar-refractivity contribution in [2.75, 3.05) is 6.54 Å². The molecule has 1 atom stereocenters. The van der Waals surface area contributed by atoms with E-state index in [1.54, 1.807) is 0 Å². The van der Waals surface area contributed by atoms with Crippen molar-refractivity contribution in [1.29, 1.82) is 0 Å². The smallest absolute Gasteiger partial charge is 0.233 e. The topological polar surface area (TPSA) is 70.7 Å². The van der Waals surface area contributed by atoms with Gasteiger partial charge in [-0.15, -0.1) is 5.10 Å². The SMILES string of the molecule is O=C1NCCCCC1Sc1n[nH]c(CC2CCCC2)n1. The zero-order valence-electron chi connectivity index (χ0n) is 11.7. The third-order valence-corrected chi connectivity index (χ3v) is 5.33. The average molecular weight is 294 g/mol. The van der Waals surface area contributed by atoms with E-state index in [1.807, 2.05) is 0 Å². The van der Waals surface area contributed by atoms with Crippen LogP contribution < -0.4 is 5.32 Å². The third kappa shape index (κ3) is 3.53. The van der Waals surface area contributed by atoms with Crippen LogP contribution in [0.3, 0.4) is 0 Å². The summed E-state index contributed by atoms with van der Waals surface area (Å²) in [7, 11) is 0. The van der Waals surface area contributed by atoms with E-state index >= 15 is 0 Å². The molecule has 110 valence electrons. The Morgan fingerprint density at radius 2 is 1.95 bits per heavy atom. The van der Waals surface area contributed by atoms with Gasteiger partial charge in [-0.3, -0.25) is 9.89 Å². The van der Waals surface area contributed by atoms with Crippen LogP contribution in [0.15, 0.2) is 5.16 Å². The Morgan fingerprint density at radius 3 is 2.80 bits per heavy atom. The number of hydrogen-bond acceptors (Lipinski definition) is 4. The maximum absolute atomic E-state index is 11.9.